The molecule has 0 bridgehead atoms. The van der Waals surface area contributed by atoms with E-state index in [2.05, 4.69) is 10.1 Å². The van der Waals surface area contributed by atoms with Gasteiger partial charge in [0.25, 0.3) is 0 Å². The van der Waals surface area contributed by atoms with Gasteiger partial charge in [-0.15, -0.1) is 0 Å². The predicted molar refractivity (Wildman–Crippen MR) is 64.3 cm³/mol. The topological polar surface area (TPSA) is 41.6 Å². The van der Waals surface area contributed by atoms with Gasteiger partial charge in [-0.2, -0.15) is 13.2 Å². The fourth-order valence-corrected chi connectivity index (χ4v) is 1.80. The molecule has 2 rings (SSSR count). The minimum atomic E-state index is -4.32. The monoisotopic (exact) mass is 274 g/mol. The summed E-state index contributed by atoms with van der Waals surface area (Å²) >= 11 is 0. The number of nitrogens with zero attached hydrogens (tertiary/aromatic N) is 1. The zero-order valence-electron chi connectivity index (χ0n) is 10.0. The summed E-state index contributed by atoms with van der Waals surface area (Å²) in [4.78, 5) is 13.1. The maximum absolute atomic E-state index is 12.0. The van der Waals surface area contributed by atoms with Gasteiger partial charge in [0.1, 0.15) is 6.61 Å². The number of anilines is 2. The number of halogens is 3. The molecule has 0 saturated carbocycles. The van der Waals surface area contributed by atoms with Crippen molar-refractivity contribution in [3.63, 3.8) is 0 Å². The normalized spacial score (nSPS) is 14.6. The third-order valence-electron chi connectivity index (χ3n) is 2.68. The first-order chi connectivity index (χ1) is 8.97. The van der Waals surface area contributed by atoms with Crippen molar-refractivity contribution in [1.29, 1.82) is 0 Å². The molecule has 1 heterocycles. The number of hydrogen-bond acceptors (Lipinski definition) is 3. The molecule has 0 atom stereocenters. The quantitative estimate of drug-likeness (QED) is 0.901. The Morgan fingerprint density at radius 3 is 2.84 bits per heavy atom. The summed E-state index contributed by atoms with van der Waals surface area (Å²) in [5.41, 5.74) is 1.38. The van der Waals surface area contributed by atoms with Gasteiger partial charge in [0, 0.05) is 13.1 Å². The second-order valence-electron chi connectivity index (χ2n) is 4.08. The molecule has 0 aromatic heterocycles. The molecule has 1 N–H and O–H groups in total. The van der Waals surface area contributed by atoms with E-state index in [0.29, 0.717) is 18.8 Å². The number of rotatable bonds is 2. The van der Waals surface area contributed by atoms with Crippen LogP contribution >= 0.6 is 0 Å². The van der Waals surface area contributed by atoms with E-state index < -0.39 is 25.3 Å². The minimum Gasteiger partial charge on any atom is -0.449 e. The van der Waals surface area contributed by atoms with E-state index in [1.807, 2.05) is 6.07 Å². The maximum atomic E-state index is 12.0. The highest BCUT2D eigenvalue weighted by Crippen LogP contribution is 2.29. The molecule has 0 saturated heterocycles. The third kappa shape index (κ3) is 3.52. The lowest BCUT2D eigenvalue weighted by molar-refractivity contribution is -0.141. The average molecular weight is 274 g/mol. The first kappa shape index (κ1) is 13.5. The summed E-state index contributed by atoms with van der Waals surface area (Å²) in [6, 6.07) is 7.07. The lowest BCUT2D eigenvalue weighted by Crippen LogP contribution is -2.39. The number of hydrogen-bond donors (Lipinski definition) is 1. The lowest BCUT2D eigenvalue weighted by Gasteiger charge is -2.29. The molecule has 0 spiro atoms. The van der Waals surface area contributed by atoms with Gasteiger partial charge in [-0.1, -0.05) is 12.1 Å². The molecular weight excluding hydrogens is 261 g/mol. The van der Waals surface area contributed by atoms with Crippen LogP contribution in [0, 0.1) is 0 Å². The smallest absolute Gasteiger partial charge is 0.414 e. The molecular formula is C12H13F3N2O2. The molecule has 1 aliphatic heterocycles. The number of ether oxygens (including phenoxy) is 1. The van der Waals surface area contributed by atoms with Crippen molar-refractivity contribution < 1.29 is 22.7 Å². The van der Waals surface area contributed by atoms with Crippen LogP contribution in [-0.2, 0) is 4.74 Å². The van der Waals surface area contributed by atoms with Gasteiger partial charge in [0.15, 0.2) is 0 Å². The van der Waals surface area contributed by atoms with Gasteiger partial charge in [-0.25, -0.2) is 4.79 Å². The van der Waals surface area contributed by atoms with Gasteiger partial charge >= 0.3 is 12.3 Å². The largest absolute Gasteiger partial charge is 0.449 e. The number of amides is 1. The Morgan fingerprint density at radius 2 is 2.11 bits per heavy atom. The van der Waals surface area contributed by atoms with Gasteiger partial charge in [-0.3, -0.25) is 4.90 Å². The second-order valence-corrected chi connectivity index (χ2v) is 4.08. The van der Waals surface area contributed by atoms with Crippen LogP contribution in [0.2, 0.25) is 0 Å². The van der Waals surface area contributed by atoms with Crippen LogP contribution < -0.4 is 10.2 Å². The summed E-state index contributed by atoms with van der Waals surface area (Å²) in [5, 5.41) is 3.10. The molecule has 104 valence electrons. The van der Waals surface area contributed by atoms with Gasteiger partial charge < -0.3 is 10.1 Å². The Hall–Kier alpha value is -1.92. The van der Waals surface area contributed by atoms with Crippen molar-refractivity contribution >= 4 is 17.5 Å². The Morgan fingerprint density at radius 1 is 1.37 bits per heavy atom. The van der Waals surface area contributed by atoms with Crippen molar-refractivity contribution in [1.82, 2.24) is 0 Å². The zero-order valence-corrected chi connectivity index (χ0v) is 10.0. The average Bonchev–Trinajstić information content (AvgIpc) is 2.36. The number of benzene rings is 1. The summed E-state index contributed by atoms with van der Waals surface area (Å²) < 4.78 is 40.6. The molecule has 1 amide bonds. The van der Waals surface area contributed by atoms with Crippen LogP contribution in [0.3, 0.4) is 0 Å². The highest BCUT2D eigenvalue weighted by atomic mass is 19.4. The van der Waals surface area contributed by atoms with E-state index in [-0.39, 0.29) is 0 Å². The van der Waals surface area contributed by atoms with E-state index in [1.165, 1.54) is 4.90 Å². The molecule has 1 aliphatic rings. The van der Waals surface area contributed by atoms with Crippen molar-refractivity contribution in [2.75, 3.05) is 29.9 Å². The summed E-state index contributed by atoms with van der Waals surface area (Å²) in [6.45, 7) is 0.238. The standard InChI is InChI=1S/C12H13F3N2O2/c13-12(14,15)5-8-19-11(18)17-7-6-16-9-3-1-2-4-10(9)17/h1-4,16H,5-8H2. The molecule has 4 nitrogen and oxygen atoms in total. The lowest BCUT2D eigenvalue weighted by atomic mass is 10.2. The predicted octanol–water partition coefficient (Wildman–Crippen LogP) is 3.01. The molecule has 1 aromatic carbocycles. The SMILES string of the molecule is O=C(OCCC(F)(F)F)N1CCNc2ccccc21. The van der Waals surface area contributed by atoms with Crippen LogP contribution in [0.5, 0.6) is 0 Å². The van der Waals surface area contributed by atoms with Gasteiger partial charge in [-0.05, 0) is 12.1 Å². The summed E-state index contributed by atoms with van der Waals surface area (Å²) in [5.74, 6) is 0. The minimum absolute atomic E-state index is 0.363. The van der Waals surface area contributed by atoms with Crippen LogP contribution in [0.4, 0.5) is 29.3 Å². The summed E-state index contributed by atoms with van der Waals surface area (Å²) in [6.07, 6.45) is -6.20. The van der Waals surface area contributed by atoms with Gasteiger partial charge in [0.2, 0.25) is 0 Å². The molecule has 0 aliphatic carbocycles. The van der Waals surface area contributed by atoms with Crippen molar-refractivity contribution in [3.8, 4) is 0 Å². The molecule has 19 heavy (non-hydrogen) atoms. The van der Waals surface area contributed by atoms with Crippen LogP contribution in [0.25, 0.3) is 0 Å². The molecule has 0 radical (unpaired) electrons. The maximum Gasteiger partial charge on any atom is 0.414 e. The number of para-hydroxylation sites is 2. The Labute approximate surface area is 108 Å². The second kappa shape index (κ2) is 5.38. The summed E-state index contributed by atoms with van der Waals surface area (Å²) in [7, 11) is 0. The van der Waals surface area contributed by atoms with E-state index >= 15 is 0 Å². The van der Waals surface area contributed by atoms with Gasteiger partial charge in [0.05, 0.1) is 17.8 Å². The fraction of sp³-hybridized carbons (Fsp3) is 0.417. The Bertz CT molecular complexity index is 463. The van der Waals surface area contributed by atoms with E-state index in [9.17, 15) is 18.0 Å². The first-order valence-electron chi connectivity index (χ1n) is 5.81. The zero-order chi connectivity index (χ0) is 13.9. The van der Waals surface area contributed by atoms with Crippen LogP contribution in [0.15, 0.2) is 24.3 Å². The van der Waals surface area contributed by atoms with Crippen molar-refractivity contribution in [2.45, 2.75) is 12.6 Å². The first-order valence-corrected chi connectivity index (χ1v) is 5.81. The van der Waals surface area contributed by atoms with Crippen molar-refractivity contribution in [2.24, 2.45) is 0 Å². The van der Waals surface area contributed by atoms with Crippen molar-refractivity contribution in [3.05, 3.63) is 24.3 Å². The van der Waals surface area contributed by atoms with Crippen LogP contribution in [0.1, 0.15) is 6.42 Å². The van der Waals surface area contributed by atoms with E-state index in [4.69, 9.17) is 0 Å². The van der Waals surface area contributed by atoms with E-state index in [0.717, 1.165) is 5.69 Å². The number of fused-ring (bicyclic) bond motifs is 1. The Kier molecular flexibility index (Phi) is 3.82. The Balaban J connectivity index is 1.97. The number of alkyl halides is 3. The molecule has 7 heteroatoms. The number of carbonyl (C=O) groups is 1. The molecule has 1 aromatic rings. The van der Waals surface area contributed by atoms with Crippen LogP contribution in [-0.4, -0.2) is 32.0 Å². The third-order valence-corrected chi connectivity index (χ3v) is 2.68. The molecule has 0 unspecified atom stereocenters. The number of nitrogens with one attached hydrogen (secondary N) is 1. The fourth-order valence-electron chi connectivity index (χ4n) is 1.80. The van der Waals surface area contributed by atoms with E-state index in [1.54, 1.807) is 18.2 Å². The highest BCUT2D eigenvalue weighted by molar-refractivity contribution is 5.93. The number of carbonyl (C=O) groups excluding carboxylic acids is 1. The highest BCUT2D eigenvalue weighted by Gasteiger charge is 2.29. The molecule has 0 fully saturated rings.